The summed E-state index contributed by atoms with van der Waals surface area (Å²) in [4.78, 5) is 18.0. The molecule has 9 nitrogen and oxygen atoms in total. The standard InChI is InChI=1S/C30H38FN5O4S/c1-29(31)8-13-36(20-29)26-18-22(17-21-5-12-34(2)27(21)26)28(38)33-24-4-3-23(41(39,40)32-11-16-37)19-25(24)35-14-9-30(6-7-30)10-15-35/h3-5,12,17-19,32,37H,6-11,13-16,20H2,1-2H3,(H,33,38). The van der Waals surface area contributed by atoms with Crippen molar-refractivity contribution in [2.75, 3.05) is 54.4 Å². The summed E-state index contributed by atoms with van der Waals surface area (Å²) in [5.74, 6) is -0.315. The van der Waals surface area contributed by atoms with Gasteiger partial charge in [-0.1, -0.05) is 0 Å². The largest absolute Gasteiger partial charge is 0.395 e. The molecule has 0 bridgehead atoms. The molecule has 1 atom stereocenters. The fraction of sp³-hybridized carbons (Fsp3) is 0.500. The quantitative estimate of drug-likeness (QED) is 0.370. The number of hydrogen-bond acceptors (Lipinski definition) is 6. The number of rotatable bonds is 8. The molecule has 1 aliphatic carbocycles. The number of nitrogens with zero attached hydrogens (tertiary/aromatic N) is 3. The highest BCUT2D eigenvalue weighted by atomic mass is 32.2. The van der Waals surface area contributed by atoms with Crippen LogP contribution in [0.15, 0.2) is 47.5 Å². The lowest BCUT2D eigenvalue weighted by Crippen LogP contribution is -2.35. The van der Waals surface area contributed by atoms with Gasteiger partial charge >= 0.3 is 0 Å². The van der Waals surface area contributed by atoms with Crippen LogP contribution in [-0.2, 0) is 17.1 Å². The van der Waals surface area contributed by atoms with Crippen LogP contribution in [0.5, 0.6) is 0 Å². The van der Waals surface area contributed by atoms with Crippen LogP contribution in [0.2, 0.25) is 0 Å². The first-order chi connectivity index (χ1) is 19.5. The molecule has 3 heterocycles. The number of nitrogens with one attached hydrogen (secondary N) is 2. The summed E-state index contributed by atoms with van der Waals surface area (Å²) in [6.07, 6.45) is 6.93. The van der Waals surface area contributed by atoms with E-state index in [1.54, 1.807) is 19.1 Å². The summed E-state index contributed by atoms with van der Waals surface area (Å²) >= 11 is 0. The number of aliphatic hydroxyl groups excluding tert-OH is 1. The molecule has 11 heteroatoms. The Labute approximate surface area is 240 Å². The minimum Gasteiger partial charge on any atom is -0.395 e. The predicted octanol–water partition coefficient (Wildman–Crippen LogP) is 4.02. The molecule has 6 rings (SSSR count). The molecule has 1 aromatic heterocycles. The number of aryl methyl sites for hydroxylation is 1. The van der Waals surface area contributed by atoms with Gasteiger partial charge in [-0.3, -0.25) is 4.79 Å². The zero-order chi connectivity index (χ0) is 29.0. The van der Waals surface area contributed by atoms with Crippen LogP contribution in [0.4, 0.5) is 21.5 Å². The van der Waals surface area contributed by atoms with Crippen molar-refractivity contribution in [3.63, 3.8) is 0 Å². The summed E-state index contributed by atoms with van der Waals surface area (Å²) in [7, 11) is -1.88. The minimum atomic E-state index is -3.83. The van der Waals surface area contributed by atoms with Crippen LogP contribution in [-0.4, -0.2) is 69.0 Å². The summed E-state index contributed by atoms with van der Waals surface area (Å²) in [6.45, 7) is 3.64. The van der Waals surface area contributed by atoms with Gasteiger partial charge in [-0.2, -0.15) is 0 Å². The highest BCUT2D eigenvalue weighted by Gasteiger charge is 2.44. The van der Waals surface area contributed by atoms with E-state index in [2.05, 4.69) is 14.9 Å². The monoisotopic (exact) mass is 583 g/mol. The van der Waals surface area contributed by atoms with Gasteiger partial charge in [-0.05, 0) is 74.4 Å². The number of carbonyl (C=O) groups is 1. The molecule has 1 saturated carbocycles. The van der Waals surface area contributed by atoms with E-state index in [4.69, 9.17) is 5.11 Å². The van der Waals surface area contributed by atoms with E-state index in [1.165, 1.54) is 18.9 Å². The Kier molecular flexibility index (Phi) is 7.02. The fourth-order valence-electron chi connectivity index (χ4n) is 6.32. The third kappa shape index (κ3) is 5.54. The maximum Gasteiger partial charge on any atom is 0.255 e. The number of hydrogen-bond donors (Lipinski definition) is 3. The normalized spacial score (nSPS) is 22.0. The second kappa shape index (κ2) is 10.3. The van der Waals surface area contributed by atoms with Gasteiger partial charge in [0.25, 0.3) is 5.91 Å². The van der Waals surface area contributed by atoms with Crippen molar-refractivity contribution in [1.29, 1.82) is 0 Å². The predicted molar refractivity (Wildman–Crippen MR) is 159 cm³/mol. The van der Waals surface area contributed by atoms with Crippen LogP contribution < -0.4 is 19.8 Å². The molecule has 2 aromatic carbocycles. The number of aliphatic hydroxyl groups is 1. The van der Waals surface area contributed by atoms with E-state index in [-0.39, 0.29) is 30.5 Å². The Bertz CT molecular complexity index is 1590. The van der Waals surface area contributed by atoms with Gasteiger partial charge in [0.1, 0.15) is 5.67 Å². The lowest BCUT2D eigenvalue weighted by Gasteiger charge is -2.35. The number of amides is 1. The van der Waals surface area contributed by atoms with Crippen molar-refractivity contribution in [2.24, 2.45) is 12.5 Å². The Morgan fingerprint density at radius 3 is 2.39 bits per heavy atom. The summed E-state index contributed by atoms with van der Waals surface area (Å²) < 4.78 is 44.9. The van der Waals surface area contributed by atoms with Gasteiger partial charge in [0.05, 0.1) is 40.6 Å². The first kappa shape index (κ1) is 28.0. The zero-order valence-corrected chi connectivity index (χ0v) is 24.4. The number of piperidine rings is 1. The van der Waals surface area contributed by atoms with Crippen LogP contribution in [0.3, 0.4) is 0 Å². The number of alkyl halides is 1. The molecular weight excluding hydrogens is 545 g/mol. The molecule has 1 amide bonds. The third-order valence-corrected chi connectivity index (χ3v) is 10.5. The molecule has 0 radical (unpaired) electrons. The number of sulfonamides is 1. The van der Waals surface area contributed by atoms with E-state index in [0.717, 1.165) is 42.5 Å². The Hall–Kier alpha value is -3.15. The van der Waals surface area contributed by atoms with Crippen LogP contribution >= 0.6 is 0 Å². The lowest BCUT2D eigenvalue weighted by molar-refractivity contribution is 0.102. The van der Waals surface area contributed by atoms with Gasteiger partial charge in [0, 0.05) is 56.8 Å². The molecule has 41 heavy (non-hydrogen) atoms. The smallest absolute Gasteiger partial charge is 0.255 e. The van der Waals surface area contributed by atoms with E-state index in [0.29, 0.717) is 35.3 Å². The van der Waals surface area contributed by atoms with Gasteiger partial charge < -0.3 is 24.8 Å². The third-order valence-electron chi connectivity index (χ3n) is 9.03. The topological polar surface area (TPSA) is 107 Å². The molecule has 3 aromatic rings. The number of carbonyl (C=O) groups excluding carboxylic acids is 1. The highest BCUT2D eigenvalue weighted by molar-refractivity contribution is 7.89. The molecule has 3 fully saturated rings. The van der Waals surface area contributed by atoms with Crippen molar-refractivity contribution in [3.05, 3.63) is 48.2 Å². The molecule has 1 unspecified atom stereocenters. The first-order valence-corrected chi connectivity index (χ1v) is 15.8. The molecule has 2 aliphatic heterocycles. The van der Waals surface area contributed by atoms with Crippen LogP contribution in [0.25, 0.3) is 10.9 Å². The molecule has 3 aliphatic rings. The fourth-order valence-corrected chi connectivity index (χ4v) is 7.36. The molecule has 2 saturated heterocycles. The summed E-state index contributed by atoms with van der Waals surface area (Å²) in [6, 6.07) is 10.3. The first-order valence-electron chi connectivity index (χ1n) is 14.3. The Balaban J connectivity index is 1.33. The van der Waals surface area contributed by atoms with E-state index < -0.39 is 15.7 Å². The van der Waals surface area contributed by atoms with Gasteiger partial charge in [0.2, 0.25) is 10.0 Å². The Morgan fingerprint density at radius 1 is 1.00 bits per heavy atom. The number of anilines is 3. The number of benzene rings is 2. The van der Waals surface area contributed by atoms with Crippen LogP contribution in [0.1, 0.15) is 49.4 Å². The van der Waals surface area contributed by atoms with Gasteiger partial charge in [0.15, 0.2) is 0 Å². The van der Waals surface area contributed by atoms with E-state index in [1.807, 2.05) is 40.9 Å². The molecule has 1 spiro atoms. The second-order valence-electron chi connectivity index (χ2n) is 12.2. The van der Waals surface area contributed by atoms with Gasteiger partial charge in [-0.15, -0.1) is 0 Å². The number of aromatic nitrogens is 1. The van der Waals surface area contributed by atoms with Gasteiger partial charge in [-0.25, -0.2) is 17.5 Å². The van der Waals surface area contributed by atoms with Crippen LogP contribution in [0, 0.1) is 5.41 Å². The van der Waals surface area contributed by atoms with Crippen molar-refractivity contribution in [1.82, 2.24) is 9.29 Å². The lowest BCUT2D eigenvalue weighted by atomic mass is 9.93. The maximum atomic E-state index is 14.8. The molecule has 220 valence electrons. The number of fused-ring (bicyclic) bond motifs is 1. The average molecular weight is 584 g/mol. The zero-order valence-electron chi connectivity index (χ0n) is 23.6. The summed E-state index contributed by atoms with van der Waals surface area (Å²) in [5.41, 5.74) is 2.57. The van der Waals surface area contributed by atoms with Crippen molar-refractivity contribution in [3.8, 4) is 0 Å². The second-order valence-corrected chi connectivity index (χ2v) is 14.0. The number of halogens is 1. The Morgan fingerprint density at radius 2 is 1.73 bits per heavy atom. The average Bonchev–Trinajstić information content (AvgIpc) is 3.44. The summed E-state index contributed by atoms with van der Waals surface area (Å²) in [5, 5.41) is 13.1. The van der Waals surface area contributed by atoms with Crippen molar-refractivity contribution in [2.45, 2.75) is 49.6 Å². The van der Waals surface area contributed by atoms with E-state index in [9.17, 15) is 17.6 Å². The minimum absolute atomic E-state index is 0.0781. The highest BCUT2D eigenvalue weighted by Crippen LogP contribution is 2.54. The van der Waals surface area contributed by atoms with E-state index >= 15 is 0 Å². The van der Waals surface area contributed by atoms with Crippen molar-refractivity contribution < 1.29 is 22.7 Å². The molecular formula is C30H38FN5O4S. The van der Waals surface area contributed by atoms with Crippen molar-refractivity contribution >= 4 is 43.9 Å². The SMILES string of the molecule is Cn1ccc2cc(C(=O)Nc3ccc(S(=O)(=O)NCCO)cc3N3CCC4(CC3)CC4)cc(N3CCC(C)(F)C3)c21. The molecule has 3 N–H and O–H groups in total. The maximum absolute atomic E-state index is 14.8.